The van der Waals surface area contributed by atoms with Crippen molar-refractivity contribution in [3.8, 4) is 0 Å². The minimum Gasteiger partial charge on any atom is -0.309 e. The minimum absolute atomic E-state index is 0.0476. The van der Waals surface area contributed by atoms with Crippen LogP contribution < -0.4 is 4.90 Å². The molecule has 0 N–H and O–H groups in total. The van der Waals surface area contributed by atoms with Crippen molar-refractivity contribution in [2.24, 2.45) is 0 Å². The van der Waals surface area contributed by atoms with E-state index in [1.54, 1.807) is 15.3 Å². The molecule has 1 saturated heterocycles. The number of nitrogens with zero attached hydrogens (tertiary/aromatic N) is 3. The van der Waals surface area contributed by atoms with Crippen LogP contribution in [0.1, 0.15) is 51.5 Å². The van der Waals surface area contributed by atoms with Gasteiger partial charge in [0, 0.05) is 55.3 Å². The maximum Gasteiger partial charge on any atom is 0.244 e. The summed E-state index contributed by atoms with van der Waals surface area (Å²) in [5.74, 6) is -0.0528. The van der Waals surface area contributed by atoms with E-state index in [0.717, 1.165) is 30.8 Å². The number of sulfonamides is 1. The molecule has 0 aromatic heterocycles. The molecule has 0 bridgehead atoms. The number of piperazine rings is 1. The number of halogens is 1. The predicted molar refractivity (Wildman–Crippen MR) is 118 cm³/mol. The molecule has 1 unspecified atom stereocenters. The smallest absolute Gasteiger partial charge is 0.244 e. The number of carbonyl (C=O) groups is 1. The van der Waals surface area contributed by atoms with Crippen LogP contribution in [0.5, 0.6) is 0 Å². The van der Waals surface area contributed by atoms with Gasteiger partial charge in [-0.2, -0.15) is 4.31 Å². The molecule has 160 valence electrons. The molecule has 4 rings (SSSR count). The summed E-state index contributed by atoms with van der Waals surface area (Å²) in [7, 11) is -3.61. The van der Waals surface area contributed by atoms with Gasteiger partial charge in [0.25, 0.3) is 0 Å². The van der Waals surface area contributed by atoms with Gasteiger partial charge in [-0.25, -0.2) is 8.42 Å². The van der Waals surface area contributed by atoms with Gasteiger partial charge < -0.3 is 4.90 Å². The Morgan fingerprint density at radius 1 is 1.07 bits per heavy atom. The molecule has 6 nitrogen and oxygen atoms in total. The third-order valence-corrected chi connectivity index (χ3v) is 9.53. The van der Waals surface area contributed by atoms with Crippen LogP contribution >= 0.6 is 15.9 Å². The first-order chi connectivity index (χ1) is 13.8. The number of hydrogen-bond acceptors (Lipinski definition) is 4. The molecule has 1 aliphatic carbocycles. The van der Waals surface area contributed by atoms with Crippen LogP contribution in [0, 0.1) is 0 Å². The second kappa shape index (κ2) is 8.29. The Bertz CT molecular complexity index is 891. The van der Waals surface area contributed by atoms with E-state index in [1.165, 1.54) is 39.0 Å². The van der Waals surface area contributed by atoms with E-state index in [1.807, 2.05) is 13.0 Å². The number of benzene rings is 1. The maximum atomic E-state index is 13.4. The summed E-state index contributed by atoms with van der Waals surface area (Å²) in [4.78, 5) is 16.6. The first-order valence-corrected chi connectivity index (χ1v) is 12.9. The zero-order chi connectivity index (χ0) is 20.8. The Morgan fingerprint density at radius 2 is 1.72 bits per heavy atom. The second-order valence-electron chi connectivity index (χ2n) is 8.59. The molecule has 3 aliphatic rings. The zero-order valence-electron chi connectivity index (χ0n) is 17.2. The highest BCUT2D eigenvalue weighted by Gasteiger charge is 2.36. The number of rotatable bonds is 3. The zero-order valence-corrected chi connectivity index (χ0v) is 19.6. The SMILES string of the molecule is CC(=O)N1c2cc(S(=O)(=O)N3CCN(C4CCCCC4)CC3)c(Br)cc2CC1C. The van der Waals surface area contributed by atoms with Gasteiger partial charge in [-0.05, 0) is 59.8 Å². The molecule has 1 aromatic carbocycles. The average Bonchev–Trinajstić information content (AvgIpc) is 3.02. The molecule has 0 radical (unpaired) electrons. The van der Waals surface area contributed by atoms with Crippen molar-refractivity contribution in [2.45, 2.75) is 69.4 Å². The van der Waals surface area contributed by atoms with Crippen molar-refractivity contribution < 1.29 is 13.2 Å². The summed E-state index contributed by atoms with van der Waals surface area (Å²) in [6.07, 6.45) is 7.12. The fourth-order valence-electron chi connectivity index (χ4n) is 5.19. The minimum atomic E-state index is -3.61. The lowest BCUT2D eigenvalue weighted by Gasteiger charge is -2.40. The highest BCUT2D eigenvalue weighted by Crippen LogP contribution is 2.39. The monoisotopic (exact) mass is 483 g/mol. The summed E-state index contributed by atoms with van der Waals surface area (Å²) in [6.45, 7) is 6.16. The number of anilines is 1. The Hall–Kier alpha value is -0.960. The van der Waals surface area contributed by atoms with Crippen LogP contribution in [0.25, 0.3) is 0 Å². The van der Waals surface area contributed by atoms with Gasteiger partial charge in [-0.1, -0.05) is 19.3 Å². The lowest BCUT2D eigenvalue weighted by atomic mass is 9.94. The van der Waals surface area contributed by atoms with Crippen LogP contribution in [0.3, 0.4) is 0 Å². The van der Waals surface area contributed by atoms with Crippen LogP contribution in [0.4, 0.5) is 5.69 Å². The molecule has 29 heavy (non-hydrogen) atoms. The van der Waals surface area contributed by atoms with Crippen molar-refractivity contribution in [3.05, 3.63) is 22.2 Å². The summed E-state index contributed by atoms with van der Waals surface area (Å²) in [6, 6.07) is 4.23. The van der Waals surface area contributed by atoms with Crippen molar-refractivity contribution >= 4 is 37.5 Å². The molecule has 2 fully saturated rings. The summed E-state index contributed by atoms with van der Waals surface area (Å²) in [5.41, 5.74) is 1.74. The quantitative estimate of drug-likeness (QED) is 0.660. The standard InChI is InChI=1S/C21H30BrN3O3S/c1-15-12-17-13-19(22)21(14-20(17)25(15)16(2)26)29(27,28)24-10-8-23(9-11-24)18-6-4-3-5-7-18/h13-15,18H,3-12H2,1-2H3. The van der Waals surface area contributed by atoms with E-state index in [2.05, 4.69) is 20.8 Å². The lowest BCUT2D eigenvalue weighted by Crippen LogP contribution is -2.52. The lowest BCUT2D eigenvalue weighted by molar-refractivity contribution is -0.116. The van der Waals surface area contributed by atoms with E-state index in [9.17, 15) is 13.2 Å². The second-order valence-corrected chi connectivity index (χ2v) is 11.3. The molecule has 1 amide bonds. The van der Waals surface area contributed by atoms with Crippen LogP contribution in [-0.4, -0.2) is 61.8 Å². The third-order valence-electron chi connectivity index (χ3n) is 6.67. The number of fused-ring (bicyclic) bond motifs is 1. The number of hydrogen-bond donors (Lipinski definition) is 0. The molecule has 1 atom stereocenters. The number of amides is 1. The normalized spacial score (nSPS) is 24.7. The highest BCUT2D eigenvalue weighted by molar-refractivity contribution is 9.10. The predicted octanol–water partition coefficient (Wildman–Crippen LogP) is 3.39. The van der Waals surface area contributed by atoms with Gasteiger partial charge in [-0.15, -0.1) is 0 Å². The third kappa shape index (κ3) is 4.01. The molecular weight excluding hydrogens is 454 g/mol. The molecule has 1 aromatic rings. The van der Waals surface area contributed by atoms with Gasteiger partial charge in [-0.3, -0.25) is 9.69 Å². The van der Waals surface area contributed by atoms with Gasteiger partial charge >= 0.3 is 0 Å². The first-order valence-electron chi connectivity index (χ1n) is 10.7. The molecule has 8 heteroatoms. The van der Waals surface area contributed by atoms with Gasteiger partial charge in [0.1, 0.15) is 0 Å². The van der Waals surface area contributed by atoms with E-state index < -0.39 is 10.0 Å². The van der Waals surface area contributed by atoms with Gasteiger partial charge in [0.2, 0.25) is 15.9 Å². The van der Waals surface area contributed by atoms with Crippen LogP contribution in [-0.2, 0) is 21.2 Å². The van der Waals surface area contributed by atoms with Crippen molar-refractivity contribution in [1.29, 1.82) is 0 Å². The summed E-state index contributed by atoms with van der Waals surface area (Å²) >= 11 is 3.48. The van der Waals surface area contributed by atoms with Gasteiger partial charge in [0.05, 0.1) is 4.90 Å². The van der Waals surface area contributed by atoms with Crippen molar-refractivity contribution in [2.75, 3.05) is 31.1 Å². The average molecular weight is 484 g/mol. The first kappa shape index (κ1) is 21.3. The molecular formula is C21H30BrN3O3S. The molecule has 2 heterocycles. The van der Waals surface area contributed by atoms with E-state index in [-0.39, 0.29) is 16.8 Å². The highest BCUT2D eigenvalue weighted by atomic mass is 79.9. The Kier molecular flexibility index (Phi) is 6.08. The molecule has 2 aliphatic heterocycles. The van der Waals surface area contributed by atoms with E-state index in [0.29, 0.717) is 23.6 Å². The van der Waals surface area contributed by atoms with Crippen molar-refractivity contribution in [3.63, 3.8) is 0 Å². The molecule has 0 spiro atoms. The van der Waals surface area contributed by atoms with Gasteiger partial charge in [0.15, 0.2) is 0 Å². The van der Waals surface area contributed by atoms with Crippen LogP contribution in [0.2, 0.25) is 0 Å². The largest absolute Gasteiger partial charge is 0.309 e. The Morgan fingerprint density at radius 3 is 2.34 bits per heavy atom. The Balaban J connectivity index is 1.55. The fourth-order valence-corrected chi connectivity index (χ4v) is 7.68. The summed E-state index contributed by atoms with van der Waals surface area (Å²) in [5, 5.41) is 0. The topological polar surface area (TPSA) is 60.9 Å². The van der Waals surface area contributed by atoms with Crippen molar-refractivity contribution in [1.82, 2.24) is 9.21 Å². The van der Waals surface area contributed by atoms with E-state index >= 15 is 0 Å². The molecule has 1 saturated carbocycles. The maximum absolute atomic E-state index is 13.4. The number of carbonyl (C=O) groups excluding carboxylic acids is 1. The van der Waals surface area contributed by atoms with E-state index in [4.69, 9.17) is 0 Å². The fraction of sp³-hybridized carbons (Fsp3) is 0.667. The van der Waals surface area contributed by atoms with Crippen LogP contribution in [0.15, 0.2) is 21.5 Å². The Labute approximate surface area is 182 Å². The summed E-state index contributed by atoms with van der Waals surface area (Å²) < 4.78 is 29.0.